The van der Waals surface area contributed by atoms with E-state index in [0.717, 1.165) is 24.3 Å². The maximum Gasteiger partial charge on any atom is 0.341 e. The lowest BCUT2D eigenvalue weighted by Gasteiger charge is -2.14. The minimum atomic E-state index is -4.99. The van der Waals surface area contributed by atoms with E-state index in [9.17, 15) is 26.7 Å². The molecule has 0 bridgehead atoms. The predicted molar refractivity (Wildman–Crippen MR) is 81.8 cm³/mol. The first-order chi connectivity index (χ1) is 11.7. The van der Waals surface area contributed by atoms with Crippen molar-refractivity contribution in [2.24, 2.45) is 0 Å². The zero-order valence-corrected chi connectivity index (χ0v) is 13.8. The average molecular weight is 392 g/mol. The third-order valence-corrected chi connectivity index (χ3v) is 4.97. The van der Waals surface area contributed by atoms with Crippen molar-refractivity contribution >= 4 is 21.4 Å². The lowest BCUT2D eigenvalue weighted by atomic mass is 10.2. The first-order valence-electron chi connectivity index (χ1n) is 6.53. The summed E-state index contributed by atoms with van der Waals surface area (Å²) >= 11 is 5.94. The second kappa shape index (κ2) is 7.31. The maximum atomic E-state index is 13.4. The number of nitrogens with zero attached hydrogens (tertiary/aromatic N) is 1. The van der Waals surface area contributed by atoms with Gasteiger partial charge in [-0.15, -0.1) is 0 Å². The highest BCUT2D eigenvalue weighted by Gasteiger charge is 2.31. The smallest absolute Gasteiger partial charge is 0.341 e. The summed E-state index contributed by atoms with van der Waals surface area (Å²) in [4.78, 5) is -0.834. The molecule has 2 rings (SSSR count). The van der Waals surface area contributed by atoms with E-state index in [1.54, 1.807) is 6.07 Å². The van der Waals surface area contributed by atoms with Crippen LogP contribution in [0.4, 0.5) is 13.2 Å². The summed E-state index contributed by atoms with van der Waals surface area (Å²) in [5, 5.41) is 17.7. The van der Waals surface area contributed by atoms with Crippen molar-refractivity contribution in [2.45, 2.75) is 17.3 Å². The van der Waals surface area contributed by atoms with Crippen molar-refractivity contribution < 1.29 is 31.4 Å². The Morgan fingerprint density at radius 3 is 2.52 bits per heavy atom. The minimum absolute atomic E-state index is 0.0367. The summed E-state index contributed by atoms with van der Waals surface area (Å²) in [6.07, 6.45) is 0. The molecule has 0 aliphatic rings. The molecule has 0 unspecified atom stereocenters. The number of hydrogen-bond acceptors (Lipinski definition) is 5. The fourth-order valence-corrected chi connectivity index (χ4v) is 3.26. The number of halogens is 4. The Labute approximate surface area is 145 Å². The molecule has 0 aliphatic heterocycles. The van der Waals surface area contributed by atoms with Crippen molar-refractivity contribution in [3.05, 3.63) is 52.3 Å². The molecule has 0 radical (unpaired) electrons. The van der Waals surface area contributed by atoms with Gasteiger partial charge >= 0.3 is 5.76 Å². The molecule has 0 atom stereocenters. The van der Waals surface area contributed by atoms with Gasteiger partial charge in [0.2, 0.25) is 9.84 Å². The van der Waals surface area contributed by atoms with Crippen LogP contribution in [0.1, 0.15) is 11.1 Å². The topological polar surface area (TPSA) is 87.4 Å². The van der Waals surface area contributed by atoms with Crippen LogP contribution in [-0.2, 0) is 16.4 Å². The Morgan fingerprint density at radius 2 is 1.96 bits per heavy atom. The van der Waals surface area contributed by atoms with Gasteiger partial charge in [-0.1, -0.05) is 11.6 Å². The molecule has 132 valence electrons. The van der Waals surface area contributed by atoms with Gasteiger partial charge in [-0.25, -0.2) is 12.8 Å². The number of benzene rings is 2. The van der Waals surface area contributed by atoms with Gasteiger partial charge in [-0.3, -0.25) is 0 Å². The van der Waals surface area contributed by atoms with Gasteiger partial charge in [0, 0.05) is 11.6 Å². The molecule has 0 saturated heterocycles. The summed E-state index contributed by atoms with van der Waals surface area (Å²) in [6, 6.07) is 6.62. The highest BCUT2D eigenvalue weighted by molar-refractivity contribution is 7.91. The van der Waals surface area contributed by atoms with E-state index < -0.39 is 43.5 Å². The Balaban J connectivity index is 2.52. The monoisotopic (exact) mass is 391 g/mol. The molecule has 1 N–H and O–H groups in total. The first-order valence-corrected chi connectivity index (χ1v) is 8.46. The third-order valence-electron chi connectivity index (χ3n) is 3.09. The molecule has 2 aromatic carbocycles. The zero-order valence-electron chi connectivity index (χ0n) is 12.2. The van der Waals surface area contributed by atoms with Gasteiger partial charge in [-0.05, 0) is 24.3 Å². The van der Waals surface area contributed by atoms with Gasteiger partial charge in [-0.2, -0.15) is 14.0 Å². The van der Waals surface area contributed by atoms with E-state index in [2.05, 4.69) is 0 Å². The molecule has 0 aromatic heterocycles. The van der Waals surface area contributed by atoms with Crippen molar-refractivity contribution in [1.29, 1.82) is 5.26 Å². The summed E-state index contributed by atoms with van der Waals surface area (Å²) in [5.41, 5.74) is -0.512. The second-order valence-corrected chi connectivity index (χ2v) is 6.97. The number of aliphatic hydroxyl groups is 1. The lowest BCUT2D eigenvalue weighted by molar-refractivity contribution is 0.233. The highest BCUT2D eigenvalue weighted by atomic mass is 35.5. The summed E-state index contributed by atoms with van der Waals surface area (Å²) in [5.74, 6) is -4.77. The maximum absolute atomic E-state index is 13.4. The van der Waals surface area contributed by atoms with E-state index in [1.165, 1.54) is 6.07 Å². The quantitative estimate of drug-likeness (QED) is 0.840. The fraction of sp³-hybridized carbons (Fsp3) is 0.133. The Hall–Kier alpha value is -2.28. The predicted octanol–water partition coefficient (Wildman–Crippen LogP) is 3.63. The largest absolute Gasteiger partial charge is 0.456 e. The van der Waals surface area contributed by atoms with Crippen LogP contribution in [0.5, 0.6) is 11.5 Å². The molecule has 0 saturated carbocycles. The molecule has 0 heterocycles. The lowest BCUT2D eigenvalue weighted by Crippen LogP contribution is -2.14. The standard InChI is InChI=1S/C15H9ClF3NO4S/c16-14-11(7-21)13(25(22,23)15(18)19)2-1-12(14)24-10-4-8(6-20)3-9(17)5-10/h1-5,15,21H,7H2. The van der Waals surface area contributed by atoms with E-state index in [1.807, 2.05) is 0 Å². The third kappa shape index (κ3) is 3.87. The molecule has 0 amide bonds. The summed E-state index contributed by atoms with van der Waals surface area (Å²) in [6.45, 7) is -0.941. The number of ether oxygens (including phenoxy) is 1. The van der Waals surface area contributed by atoms with Crippen molar-refractivity contribution in [1.82, 2.24) is 0 Å². The molecule has 5 nitrogen and oxygen atoms in total. The van der Waals surface area contributed by atoms with Crippen LogP contribution >= 0.6 is 11.6 Å². The number of nitriles is 1. The van der Waals surface area contributed by atoms with Gasteiger partial charge in [0.15, 0.2) is 0 Å². The van der Waals surface area contributed by atoms with Crippen LogP contribution in [-0.4, -0.2) is 19.3 Å². The van der Waals surface area contributed by atoms with Crippen molar-refractivity contribution in [3.63, 3.8) is 0 Å². The number of rotatable bonds is 5. The van der Waals surface area contributed by atoms with E-state index in [0.29, 0.717) is 0 Å². The number of sulfone groups is 1. The zero-order chi connectivity index (χ0) is 18.8. The van der Waals surface area contributed by atoms with Crippen molar-refractivity contribution in [2.75, 3.05) is 0 Å². The van der Waals surface area contributed by atoms with E-state index >= 15 is 0 Å². The minimum Gasteiger partial charge on any atom is -0.456 e. The number of aliphatic hydroxyl groups excluding tert-OH is 1. The van der Waals surface area contributed by atoms with Crippen LogP contribution < -0.4 is 4.74 Å². The van der Waals surface area contributed by atoms with Crippen molar-refractivity contribution in [3.8, 4) is 17.6 Å². The summed E-state index contributed by atoms with van der Waals surface area (Å²) < 4.78 is 67.3. The Bertz CT molecular complexity index is 958. The SMILES string of the molecule is N#Cc1cc(F)cc(Oc2ccc(S(=O)(=O)C(F)F)c(CO)c2Cl)c1. The van der Waals surface area contributed by atoms with Gasteiger partial charge in [0.05, 0.1) is 28.2 Å². The number of alkyl halides is 2. The fourth-order valence-electron chi connectivity index (χ4n) is 1.98. The van der Waals surface area contributed by atoms with E-state index in [-0.39, 0.29) is 17.1 Å². The van der Waals surface area contributed by atoms with E-state index in [4.69, 9.17) is 21.6 Å². The van der Waals surface area contributed by atoms with Gasteiger partial charge < -0.3 is 9.84 Å². The van der Waals surface area contributed by atoms with Gasteiger partial charge in [0.1, 0.15) is 17.3 Å². The Morgan fingerprint density at radius 1 is 1.28 bits per heavy atom. The molecule has 25 heavy (non-hydrogen) atoms. The normalized spacial score (nSPS) is 11.4. The molecule has 10 heteroatoms. The Kier molecular flexibility index (Phi) is 5.57. The average Bonchev–Trinajstić information content (AvgIpc) is 2.55. The molecule has 2 aromatic rings. The van der Waals surface area contributed by atoms with Crippen LogP contribution in [0.25, 0.3) is 0 Å². The molecule has 0 fully saturated rings. The molecular weight excluding hydrogens is 383 g/mol. The summed E-state index contributed by atoms with van der Waals surface area (Å²) in [7, 11) is -4.99. The number of hydrogen-bond donors (Lipinski definition) is 1. The molecule has 0 aliphatic carbocycles. The van der Waals surface area contributed by atoms with Gasteiger partial charge in [0.25, 0.3) is 0 Å². The van der Waals surface area contributed by atoms with Crippen LogP contribution in [0.3, 0.4) is 0 Å². The molecule has 0 spiro atoms. The van der Waals surface area contributed by atoms with Crippen LogP contribution in [0.15, 0.2) is 35.2 Å². The van der Waals surface area contributed by atoms with Crippen LogP contribution in [0, 0.1) is 17.1 Å². The highest BCUT2D eigenvalue weighted by Crippen LogP contribution is 2.37. The molecular formula is C15H9ClF3NO4S. The second-order valence-electron chi connectivity index (χ2n) is 4.71. The van der Waals surface area contributed by atoms with Crippen LogP contribution in [0.2, 0.25) is 5.02 Å². The first kappa shape index (κ1) is 19.1.